The lowest BCUT2D eigenvalue weighted by atomic mass is 9.84. The van der Waals surface area contributed by atoms with Gasteiger partial charge in [-0.25, -0.2) is 8.78 Å². The van der Waals surface area contributed by atoms with Crippen LogP contribution in [0.5, 0.6) is 0 Å². The highest BCUT2D eigenvalue weighted by Crippen LogP contribution is 2.39. The summed E-state index contributed by atoms with van der Waals surface area (Å²) < 4.78 is 28.6. The van der Waals surface area contributed by atoms with E-state index < -0.39 is 11.8 Å². The number of nitrogens with zero attached hydrogens (tertiary/aromatic N) is 5. The number of rotatable bonds is 5. The number of hydrogen-bond acceptors (Lipinski definition) is 4. The number of alkyl halides is 2. The fraction of sp³-hybridized carbons (Fsp3) is 0.375. The van der Waals surface area contributed by atoms with Crippen LogP contribution in [0, 0.1) is 5.41 Å². The first-order chi connectivity index (χ1) is 15.3. The lowest BCUT2D eigenvalue weighted by Crippen LogP contribution is -2.27. The van der Waals surface area contributed by atoms with Crippen molar-refractivity contribution in [1.82, 2.24) is 19.6 Å². The molecule has 5 rings (SSSR count). The number of aryl methyl sites for hydroxylation is 1. The summed E-state index contributed by atoms with van der Waals surface area (Å²) in [6.07, 6.45) is 2.24. The summed E-state index contributed by atoms with van der Waals surface area (Å²) in [4.78, 5) is 7.04. The van der Waals surface area contributed by atoms with E-state index >= 15 is 0 Å². The van der Waals surface area contributed by atoms with E-state index in [9.17, 15) is 8.78 Å². The predicted molar refractivity (Wildman–Crippen MR) is 123 cm³/mol. The van der Waals surface area contributed by atoms with Crippen molar-refractivity contribution >= 4 is 39.8 Å². The highest BCUT2D eigenvalue weighted by molar-refractivity contribution is 6.31. The molecule has 1 aliphatic rings. The molecule has 166 valence electrons. The molecule has 8 heteroatoms. The van der Waals surface area contributed by atoms with Gasteiger partial charge in [-0.15, -0.1) is 10.2 Å². The zero-order chi connectivity index (χ0) is 22.5. The van der Waals surface area contributed by atoms with E-state index in [0.717, 1.165) is 47.4 Å². The molecular formula is C24H24ClF2N5. The molecule has 0 atom stereocenters. The van der Waals surface area contributed by atoms with Gasteiger partial charge in [0.25, 0.3) is 5.78 Å². The van der Waals surface area contributed by atoms with Crippen LogP contribution in [0.4, 0.5) is 20.3 Å². The molecular weight excluding hydrogens is 432 g/mol. The first-order valence-electron chi connectivity index (χ1n) is 10.8. The maximum Gasteiger partial charge on any atom is 0.257 e. The zero-order valence-corrected chi connectivity index (χ0v) is 18.8. The standard InChI is InChI=1S/C24H24ClF2N5/c1-24(2,22(26)27)11-10-15-5-3-7-19-17(15)6-4-12-31(19)21-18-9-8-16(25)13-20(18)32-14-28-30-23(32)29-21/h3,5,7-9,13-14,22H,4,6,10-12H2,1-2H3. The van der Waals surface area contributed by atoms with Crippen molar-refractivity contribution in [2.75, 3.05) is 11.4 Å². The van der Waals surface area contributed by atoms with Crippen LogP contribution in [-0.4, -0.2) is 32.6 Å². The van der Waals surface area contributed by atoms with Crippen molar-refractivity contribution in [1.29, 1.82) is 0 Å². The van der Waals surface area contributed by atoms with Gasteiger partial charge in [0, 0.05) is 28.1 Å². The van der Waals surface area contributed by atoms with E-state index in [-0.39, 0.29) is 0 Å². The molecule has 5 nitrogen and oxygen atoms in total. The Labute approximate surface area is 190 Å². The van der Waals surface area contributed by atoms with Gasteiger partial charge >= 0.3 is 0 Å². The van der Waals surface area contributed by atoms with Crippen molar-refractivity contribution in [2.24, 2.45) is 5.41 Å². The highest BCUT2D eigenvalue weighted by Gasteiger charge is 2.30. The molecule has 0 saturated heterocycles. The van der Waals surface area contributed by atoms with Gasteiger partial charge in [0.1, 0.15) is 12.1 Å². The topological polar surface area (TPSA) is 46.3 Å². The molecule has 0 amide bonds. The summed E-state index contributed by atoms with van der Waals surface area (Å²) in [5.41, 5.74) is 3.32. The lowest BCUT2D eigenvalue weighted by molar-refractivity contribution is 0.0143. The molecule has 0 bridgehead atoms. The van der Waals surface area contributed by atoms with Crippen molar-refractivity contribution in [3.05, 3.63) is 58.9 Å². The maximum absolute atomic E-state index is 13.4. The van der Waals surface area contributed by atoms with Gasteiger partial charge in [0.2, 0.25) is 6.43 Å². The first-order valence-corrected chi connectivity index (χ1v) is 11.2. The largest absolute Gasteiger partial charge is 0.325 e. The third-order valence-electron chi connectivity index (χ3n) is 6.43. The third-order valence-corrected chi connectivity index (χ3v) is 6.66. The molecule has 0 radical (unpaired) electrons. The number of benzene rings is 2. The molecule has 3 heterocycles. The van der Waals surface area contributed by atoms with Crippen LogP contribution >= 0.6 is 11.6 Å². The Morgan fingerprint density at radius 2 is 2.03 bits per heavy atom. The van der Waals surface area contributed by atoms with Crippen LogP contribution in [0.25, 0.3) is 16.7 Å². The van der Waals surface area contributed by atoms with Crippen LogP contribution in [0.2, 0.25) is 5.02 Å². The number of anilines is 2. The first kappa shape index (κ1) is 21.1. The summed E-state index contributed by atoms with van der Waals surface area (Å²) in [5, 5.41) is 9.77. The van der Waals surface area contributed by atoms with Crippen LogP contribution in [0.15, 0.2) is 42.7 Å². The van der Waals surface area contributed by atoms with E-state index in [1.807, 2.05) is 28.7 Å². The number of fused-ring (bicyclic) bond motifs is 4. The normalized spacial score (nSPS) is 14.5. The SMILES string of the molecule is CC(C)(CCc1cccc2c1CCCN2c1nc2nncn2c2cc(Cl)ccc12)C(F)F. The lowest BCUT2D eigenvalue weighted by Gasteiger charge is -2.33. The third kappa shape index (κ3) is 3.58. The molecule has 0 spiro atoms. The maximum atomic E-state index is 13.4. The van der Waals surface area contributed by atoms with E-state index in [2.05, 4.69) is 27.2 Å². The number of hydrogen-bond donors (Lipinski definition) is 0. The minimum Gasteiger partial charge on any atom is -0.325 e. The van der Waals surface area contributed by atoms with E-state index in [1.165, 1.54) is 5.56 Å². The minimum absolute atomic E-state index is 0.437. The predicted octanol–water partition coefficient (Wildman–Crippen LogP) is 6.24. The van der Waals surface area contributed by atoms with Gasteiger partial charge < -0.3 is 4.90 Å². The van der Waals surface area contributed by atoms with Crippen LogP contribution in [0.1, 0.15) is 37.8 Å². The second kappa shape index (κ2) is 7.96. The molecule has 1 aliphatic heterocycles. The van der Waals surface area contributed by atoms with Gasteiger partial charge in [-0.2, -0.15) is 4.98 Å². The molecule has 2 aromatic heterocycles. The average Bonchev–Trinajstić information content (AvgIpc) is 3.25. The van der Waals surface area contributed by atoms with Gasteiger partial charge in [0.05, 0.1) is 5.52 Å². The van der Waals surface area contributed by atoms with Crippen molar-refractivity contribution in [3.63, 3.8) is 0 Å². The smallest absolute Gasteiger partial charge is 0.257 e. The molecule has 0 fully saturated rings. The second-order valence-corrected chi connectivity index (χ2v) is 9.49. The Balaban J connectivity index is 1.60. The monoisotopic (exact) mass is 455 g/mol. The van der Waals surface area contributed by atoms with Crippen LogP contribution in [0.3, 0.4) is 0 Å². The minimum atomic E-state index is -2.34. The van der Waals surface area contributed by atoms with Crippen molar-refractivity contribution < 1.29 is 8.78 Å². The molecule has 4 aromatic rings. The Morgan fingerprint density at radius 3 is 2.84 bits per heavy atom. The second-order valence-electron chi connectivity index (χ2n) is 9.06. The van der Waals surface area contributed by atoms with Gasteiger partial charge in [0.15, 0.2) is 0 Å². The van der Waals surface area contributed by atoms with Crippen molar-refractivity contribution in [3.8, 4) is 0 Å². The van der Waals surface area contributed by atoms with Gasteiger partial charge in [-0.3, -0.25) is 4.40 Å². The highest BCUT2D eigenvalue weighted by atomic mass is 35.5. The quantitative estimate of drug-likeness (QED) is 0.357. The summed E-state index contributed by atoms with van der Waals surface area (Å²) in [6, 6.07) is 11.9. The summed E-state index contributed by atoms with van der Waals surface area (Å²) in [7, 11) is 0. The number of halogens is 3. The van der Waals surface area contributed by atoms with E-state index in [4.69, 9.17) is 16.6 Å². The van der Waals surface area contributed by atoms with Crippen LogP contribution < -0.4 is 4.90 Å². The molecule has 32 heavy (non-hydrogen) atoms. The van der Waals surface area contributed by atoms with Gasteiger partial charge in [-0.1, -0.05) is 37.6 Å². The average molecular weight is 456 g/mol. The Hall–Kier alpha value is -2.80. The summed E-state index contributed by atoms with van der Waals surface area (Å²) >= 11 is 6.28. The summed E-state index contributed by atoms with van der Waals surface area (Å²) in [5.74, 6) is 1.32. The molecule has 0 unspecified atom stereocenters. The zero-order valence-electron chi connectivity index (χ0n) is 18.0. The Bertz CT molecular complexity index is 1300. The Morgan fingerprint density at radius 1 is 1.19 bits per heavy atom. The fourth-order valence-corrected chi connectivity index (χ4v) is 4.61. The van der Waals surface area contributed by atoms with Gasteiger partial charge in [-0.05, 0) is 61.1 Å². The van der Waals surface area contributed by atoms with E-state index in [0.29, 0.717) is 23.6 Å². The molecule has 0 saturated carbocycles. The fourth-order valence-electron chi connectivity index (χ4n) is 4.45. The Kier molecular flexibility index (Phi) is 5.24. The van der Waals surface area contributed by atoms with Crippen molar-refractivity contribution in [2.45, 2.75) is 46.0 Å². The molecule has 0 N–H and O–H groups in total. The molecule has 2 aromatic carbocycles. The van der Waals surface area contributed by atoms with Crippen LogP contribution in [-0.2, 0) is 12.8 Å². The molecule has 0 aliphatic carbocycles. The number of aromatic nitrogens is 4. The van der Waals surface area contributed by atoms with E-state index in [1.54, 1.807) is 20.2 Å². The summed E-state index contributed by atoms with van der Waals surface area (Å²) in [6.45, 7) is 4.08.